The van der Waals surface area contributed by atoms with Gasteiger partial charge < -0.3 is 15.5 Å². The van der Waals surface area contributed by atoms with Crippen LogP contribution in [0, 0.1) is 5.41 Å². The Hall–Kier alpha value is -1.10. The van der Waals surface area contributed by atoms with Crippen LogP contribution in [0.2, 0.25) is 0 Å². The second-order valence-corrected chi connectivity index (χ2v) is 4.02. The van der Waals surface area contributed by atoms with Crippen molar-refractivity contribution in [3.63, 3.8) is 0 Å². The first-order valence-corrected chi connectivity index (χ1v) is 4.44. The quantitative estimate of drug-likeness (QED) is 0.586. The smallest absolute Gasteiger partial charge is 0.309 e. The topological polar surface area (TPSA) is 86.6 Å². The van der Waals surface area contributed by atoms with Crippen molar-refractivity contribution in [2.24, 2.45) is 5.41 Å². The molecule has 0 fully saturated rings. The fourth-order valence-corrected chi connectivity index (χ4v) is 0.801. The molecule has 0 saturated carbocycles. The molecule has 5 heteroatoms. The molecule has 0 heterocycles. The lowest BCUT2D eigenvalue weighted by atomic mass is 9.89. The van der Waals surface area contributed by atoms with Crippen molar-refractivity contribution in [2.45, 2.75) is 33.3 Å². The largest absolute Gasteiger partial charge is 0.481 e. The molecule has 0 aromatic heterocycles. The normalized spacial score (nSPS) is 13.4. The van der Waals surface area contributed by atoms with Crippen LogP contribution in [0.3, 0.4) is 0 Å². The molecule has 82 valence electrons. The predicted octanol–water partition coefficient (Wildman–Crippen LogP) is -0.0157. The fraction of sp³-hybridized carbons (Fsp3) is 0.778. The summed E-state index contributed by atoms with van der Waals surface area (Å²) in [5, 5.41) is 20.1. The fourth-order valence-electron chi connectivity index (χ4n) is 0.801. The Labute approximate surface area is 83.1 Å². The summed E-state index contributed by atoms with van der Waals surface area (Å²) in [7, 11) is 0. The monoisotopic (exact) mass is 203 g/mol. The summed E-state index contributed by atoms with van der Waals surface area (Å²) >= 11 is 0. The lowest BCUT2D eigenvalue weighted by Gasteiger charge is -2.18. The average molecular weight is 203 g/mol. The number of aliphatic hydroxyl groups excluding tert-OH is 1. The van der Waals surface area contributed by atoms with Gasteiger partial charge in [-0.25, -0.2) is 0 Å². The molecular formula is C9H17NO4. The Morgan fingerprint density at radius 3 is 2.29 bits per heavy atom. The van der Waals surface area contributed by atoms with Gasteiger partial charge in [-0.05, 0) is 20.8 Å². The van der Waals surface area contributed by atoms with Gasteiger partial charge in [-0.15, -0.1) is 0 Å². The van der Waals surface area contributed by atoms with Crippen LogP contribution in [0.25, 0.3) is 0 Å². The number of rotatable bonds is 5. The van der Waals surface area contributed by atoms with E-state index in [1.807, 2.05) is 0 Å². The summed E-state index contributed by atoms with van der Waals surface area (Å²) in [4.78, 5) is 21.8. The maximum absolute atomic E-state index is 11.2. The number of carbonyl (C=O) groups is 2. The molecule has 0 aromatic rings. The molecule has 0 bridgehead atoms. The van der Waals surface area contributed by atoms with Crippen LogP contribution in [0.5, 0.6) is 0 Å². The number of carbonyl (C=O) groups excluding carboxylic acids is 1. The summed E-state index contributed by atoms with van der Waals surface area (Å²) in [6.07, 6.45) is -0.707. The van der Waals surface area contributed by atoms with Gasteiger partial charge >= 0.3 is 5.97 Å². The third-order valence-electron chi connectivity index (χ3n) is 1.78. The van der Waals surface area contributed by atoms with E-state index in [1.54, 1.807) is 6.92 Å². The van der Waals surface area contributed by atoms with Crippen molar-refractivity contribution >= 4 is 11.9 Å². The number of aliphatic hydroxyl groups is 1. The van der Waals surface area contributed by atoms with Crippen LogP contribution in [0.4, 0.5) is 0 Å². The van der Waals surface area contributed by atoms with Crippen LogP contribution >= 0.6 is 0 Å². The van der Waals surface area contributed by atoms with E-state index in [4.69, 9.17) is 10.2 Å². The van der Waals surface area contributed by atoms with Crippen LogP contribution in [0.15, 0.2) is 0 Å². The van der Waals surface area contributed by atoms with Crippen LogP contribution in [0.1, 0.15) is 27.2 Å². The molecule has 1 atom stereocenters. The number of hydrogen-bond acceptors (Lipinski definition) is 3. The van der Waals surface area contributed by atoms with Gasteiger partial charge in [0.05, 0.1) is 11.5 Å². The molecule has 3 N–H and O–H groups in total. The molecule has 0 rings (SSSR count). The zero-order valence-corrected chi connectivity index (χ0v) is 8.70. The molecule has 0 saturated heterocycles. The Kier molecular flexibility index (Phi) is 4.56. The number of hydrogen-bond donors (Lipinski definition) is 3. The molecule has 0 aromatic carbocycles. The van der Waals surface area contributed by atoms with Gasteiger partial charge in [0, 0.05) is 13.0 Å². The predicted molar refractivity (Wildman–Crippen MR) is 50.7 cm³/mol. The molecule has 0 aliphatic rings. The van der Waals surface area contributed by atoms with Gasteiger partial charge in [-0.2, -0.15) is 0 Å². The van der Waals surface area contributed by atoms with Crippen LogP contribution < -0.4 is 5.32 Å². The number of nitrogens with one attached hydrogen (secondary N) is 1. The van der Waals surface area contributed by atoms with E-state index in [0.717, 1.165) is 0 Å². The highest BCUT2D eigenvalue weighted by Gasteiger charge is 2.29. The van der Waals surface area contributed by atoms with Gasteiger partial charge in [-0.3, -0.25) is 9.59 Å². The Morgan fingerprint density at radius 1 is 1.43 bits per heavy atom. The van der Waals surface area contributed by atoms with E-state index in [2.05, 4.69) is 5.32 Å². The van der Waals surface area contributed by atoms with Gasteiger partial charge in [0.15, 0.2) is 0 Å². The number of amides is 1. The standard InChI is InChI=1S/C9H17NO4/c1-6(11)5-10-7(12)4-9(2,3)8(13)14/h6,11H,4-5H2,1-3H3,(H,10,12)(H,13,14). The second-order valence-electron chi connectivity index (χ2n) is 4.02. The first-order valence-electron chi connectivity index (χ1n) is 4.44. The van der Waals surface area contributed by atoms with E-state index >= 15 is 0 Å². The first kappa shape index (κ1) is 12.9. The van der Waals surface area contributed by atoms with E-state index in [9.17, 15) is 9.59 Å². The van der Waals surface area contributed by atoms with E-state index < -0.39 is 17.5 Å². The third-order valence-corrected chi connectivity index (χ3v) is 1.78. The summed E-state index contributed by atoms with van der Waals surface area (Å²) in [6, 6.07) is 0. The molecule has 14 heavy (non-hydrogen) atoms. The second kappa shape index (κ2) is 4.95. The van der Waals surface area contributed by atoms with E-state index in [-0.39, 0.29) is 18.9 Å². The summed E-state index contributed by atoms with van der Waals surface area (Å²) in [5.41, 5.74) is -1.07. The van der Waals surface area contributed by atoms with E-state index in [0.29, 0.717) is 0 Å². The molecule has 0 radical (unpaired) electrons. The first-order chi connectivity index (χ1) is 6.25. The van der Waals surface area contributed by atoms with Crippen LogP contribution in [-0.4, -0.2) is 34.7 Å². The van der Waals surface area contributed by atoms with Gasteiger partial charge in [-0.1, -0.05) is 0 Å². The maximum Gasteiger partial charge on any atom is 0.309 e. The number of carboxylic acids is 1. The van der Waals surface area contributed by atoms with Crippen molar-refractivity contribution in [2.75, 3.05) is 6.54 Å². The molecule has 0 aliphatic heterocycles. The zero-order chi connectivity index (χ0) is 11.4. The maximum atomic E-state index is 11.2. The minimum atomic E-state index is -1.07. The lowest BCUT2D eigenvalue weighted by molar-refractivity contribution is -0.149. The minimum Gasteiger partial charge on any atom is -0.481 e. The summed E-state index contributed by atoms with van der Waals surface area (Å²) in [5.74, 6) is -1.37. The van der Waals surface area contributed by atoms with Crippen molar-refractivity contribution in [3.8, 4) is 0 Å². The minimum absolute atomic E-state index is 0.0882. The Balaban J connectivity index is 4.00. The van der Waals surface area contributed by atoms with Crippen molar-refractivity contribution in [1.29, 1.82) is 0 Å². The molecule has 1 amide bonds. The third kappa shape index (κ3) is 4.81. The molecule has 0 spiro atoms. The zero-order valence-electron chi connectivity index (χ0n) is 8.70. The Morgan fingerprint density at radius 2 is 1.93 bits per heavy atom. The van der Waals surface area contributed by atoms with Crippen molar-refractivity contribution in [1.82, 2.24) is 5.32 Å². The van der Waals surface area contributed by atoms with Crippen molar-refractivity contribution < 1.29 is 19.8 Å². The van der Waals surface area contributed by atoms with Crippen molar-refractivity contribution in [3.05, 3.63) is 0 Å². The molecule has 0 aliphatic carbocycles. The highest BCUT2D eigenvalue weighted by molar-refractivity contribution is 5.84. The van der Waals surface area contributed by atoms with Gasteiger partial charge in [0.25, 0.3) is 0 Å². The average Bonchev–Trinajstić information content (AvgIpc) is 1.99. The van der Waals surface area contributed by atoms with Crippen LogP contribution in [-0.2, 0) is 9.59 Å². The van der Waals surface area contributed by atoms with Gasteiger partial charge in [0.1, 0.15) is 0 Å². The summed E-state index contributed by atoms with van der Waals surface area (Å²) in [6.45, 7) is 4.66. The molecule has 1 unspecified atom stereocenters. The van der Waals surface area contributed by atoms with E-state index in [1.165, 1.54) is 13.8 Å². The SMILES string of the molecule is CC(O)CNC(=O)CC(C)(C)C(=O)O. The summed E-state index contributed by atoms with van der Waals surface area (Å²) < 4.78 is 0. The lowest BCUT2D eigenvalue weighted by Crippen LogP contribution is -2.36. The molecule has 5 nitrogen and oxygen atoms in total. The highest BCUT2D eigenvalue weighted by Crippen LogP contribution is 2.19. The highest BCUT2D eigenvalue weighted by atomic mass is 16.4. The molecular weight excluding hydrogens is 186 g/mol. The number of aliphatic carboxylic acids is 1. The Bertz CT molecular complexity index is 223. The van der Waals surface area contributed by atoms with Gasteiger partial charge in [0.2, 0.25) is 5.91 Å². The number of carboxylic acid groups (broad SMARTS) is 1.